The van der Waals surface area contributed by atoms with E-state index in [1.54, 1.807) is 6.08 Å². The maximum Gasteiger partial charge on any atom is 0.220 e. The average molecular weight is 862 g/mol. The molecule has 0 aliphatic carbocycles. The summed E-state index contributed by atoms with van der Waals surface area (Å²) in [7, 11) is 0. The summed E-state index contributed by atoms with van der Waals surface area (Å²) in [4.78, 5) is 12.4. The lowest BCUT2D eigenvalue weighted by molar-refractivity contribution is -0.123. The Morgan fingerprint density at radius 2 is 0.726 bits per heavy atom. The van der Waals surface area contributed by atoms with Crippen LogP contribution in [-0.2, 0) is 4.79 Å². The van der Waals surface area contributed by atoms with Crippen LogP contribution in [0.2, 0.25) is 0 Å². The van der Waals surface area contributed by atoms with E-state index in [2.05, 4.69) is 92.1 Å². The molecule has 0 aliphatic rings. The zero-order chi connectivity index (χ0) is 44.9. The van der Waals surface area contributed by atoms with Crippen molar-refractivity contribution < 1.29 is 15.0 Å². The number of carbonyl (C=O) groups excluding carboxylic acids is 1. The Labute approximate surface area is 386 Å². The quantitative estimate of drug-likeness (QED) is 0.0422. The number of nitrogens with one attached hydrogen (secondary N) is 1. The van der Waals surface area contributed by atoms with E-state index in [4.69, 9.17) is 0 Å². The number of carbonyl (C=O) groups is 1. The molecule has 0 rings (SSSR count). The van der Waals surface area contributed by atoms with Crippen LogP contribution in [0.25, 0.3) is 0 Å². The minimum absolute atomic E-state index is 0.0880. The molecule has 0 fully saturated rings. The Balaban J connectivity index is 3.60. The third-order valence-electron chi connectivity index (χ3n) is 11.8. The first kappa shape index (κ1) is 59.6. The summed E-state index contributed by atoms with van der Waals surface area (Å²) in [5.74, 6) is -0.0880. The molecule has 4 heteroatoms. The topological polar surface area (TPSA) is 69.6 Å². The summed E-state index contributed by atoms with van der Waals surface area (Å²) in [6, 6.07) is -0.656. The predicted octanol–water partition coefficient (Wildman–Crippen LogP) is 17.6. The van der Waals surface area contributed by atoms with E-state index in [1.807, 2.05) is 6.08 Å². The Morgan fingerprint density at radius 3 is 1.13 bits per heavy atom. The van der Waals surface area contributed by atoms with Gasteiger partial charge in [0.05, 0.1) is 18.8 Å². The largest absolute Gasteiger partial charge is 0.394 e. The lowest BCUT2D eigenvalue weighted by Crippen LogP contribution is -2.45. The van der Waals surface area contributed by atoms with Crippen molar-refractivity contribution in [2.45, 2.75) is 270 Å². The van der Waals surface area contributed by atoms with Crippen LogP contribution in [0.1, 0.15) is 258 Å². The zero-order valence-electron chi connectivity index (χ0n) is 41.1. The van der Waals surface area contributed by atoms with E-state index >= 15 is 0 Å². The molecule has 0 bridgehead atoms. The van der Waals surface area contributed by atoms with Gasteiger partial charge < -0.3 is 15.5 Å². The molecule has 0 aliphatic heterocycles. The average Bonchev–Trinajstić information content (AvgIpc) is 3.28. The zero-order valence-corrected chi connectivity index (χ0v) is 41.1. The molecule has 0 saturated carbocycles. The van der Waals surface area contributed by atoms with E-state index in [-0.39, 0.29) is 12.5 Å². The lowest BCUT2D eigenvalue weighted by Gasteiger charge is -2.19. The van der Waals surface area contributed by atoms with Gasteiger partial charge in [0.15, 0.2) is 0 Å². The lowest BCUT2D eigenvalue weighted by atomic mass is 10.0. The summed E-state index contributed by atoms with van der Waals surface area (Å²) in [6.07, 6.45) is 77.3. The minimum atomic E-state index is -0.880. The fourth-order valence-corrected chi connectivity index (χ4v) is 7.79. The van der Waals surface area contributed by atoms with Crippen LogP contribution in [0, 0.1) is 0 Å². The maximum atomic E-state index is 12.4. The predicted molar refractivity (Wildman–Crippen MR) is 276 cm³/mol. The first-order valence-electron chi connectivity index (χ1n) is 26.8. The molecular formula is C58H103NO3. The van der Waals surface area contributed by atoms with Crippen LogP contribution >= 0.6 is 0 Å². The van der Waals surface area contributed by atoms with Crippen molar-refractivity contribution in [3.63, 3.8) is 0 Å². The summed E-state index contributed by atoms with van der Waals surface area (Å²) >= 11 is 0. The number of hydrogen-bond donors (Lipinski definition) is 3. The van der Waals surface area contributed by atoms with Crippen LogP contribution < -0.4 is 5.32 Å². The highest BCUT2D eigenvalue weighted by Gasteiger charge is 2.17. The third kappa shape index (κ3) is 48.6. The number of unbranched alkanes of at least 4 members (excludes halogenated alkanes) is 29. The van der Waals surface area contributed by atoms with Crippen molar-refractivity contribution in [3.8, 4) is 0 Å². The van der Waals surface area contributed by atoms with Crippen LogP contribution in [0.5, 0.6) is 0 Å². The molecule has 3 N–H and O–H groups in total. The smallest absolute Gasteiger partial charge is 0.220 e. The highest BCUT2D eigenvalue weighted by atomic mass is 16.3. The maximum absolute atomic E-state index is 12.4. The summed E-state index contributed by atoms with van der Waals surface area (Å²) < 4.78 is 0. The second-order valence-electron chi connectivity index (χ2n) is 17.9. The molecule has 0 spiro atoms. The standard InChI is InChI=1S/C58H103NO3/c1-3-5-7-9-11-13-15-17-19-21-23-25-26-27-28-29-30-31-32-34-35-37-39-41-43-45-47-49-51-53-57(61)56(55-60)59-58(62)54-52-50-48-46-44-42-40-38-36-33-24-22-20-18-16-14-12-10-8-6-4-2/h6,8,12,14,18,20,24,33,35,37,43,45,51,53,56-57,60-61H,3-5,7,9-11,13,15-17,19,21-23,25-32,34,36,38-42,44,46-50,52,54-55H2,1-2H3,(H,59,62)/b8-6-,14-12-,20-18-,33-24-,37-35+,45-43+,53-51+. The summed E-state index contributed by atoms with van der Waals surface area (Å²) in [6.45, 7) is 4.19. The Morgan fingerprint density at radius 1 is 0.403 bits per heavy atom. The van der Waals surface area contributed by atoms with Gasteiger partial charge in [-0.15, -0.1) is 0 Å². The van der Waals surface area contributed by atoms with Gasteiger partial charge in [-0.1, -0.05) is 253 Å². The molecule has 358 valence electrons. The molecular weight excluding hydrogens is 759 g/mol. The van der Waals surface area contributed by atoms with E-state index in [0.29, 0.717) is 6.42 Å². The number of allylic oxidation sites excluding steroid dienone is 13. The Bertz CT molecular complexity index is 1110. The number of rotatable bonds is 48. The van der Waals surface area contributed by atoms with Gasteiger partial charge in [-0.2, -0.15) is 0 Å². The van der Waals surface area contributed by atoms with Crippen molar-refractivity contribution in [1.82, 2.24) is 5.32 Å². The second-order valence-corrected chi connectivity index (χ2v) is 17.9. The number of aliphatic hydroxyl groups is 2. The molecule has 4 nitrogen and oxygen atoms in total. The molecule has 1 amide bonds. The van der Waals surface area contributed by atoms with E-state index < -0.39 is 12.1 Å². The molecule has 0 aromatic carbocycles. The van der Waals surface area contributed by atoms with Crippen molar-refractivity contribution in [2.75, 3.05) is 6.61 Å². The monoisotopic (exact) mass is 862 g/mol. The van der Waals surface area contributed by atoms with E-state index in [1.165, 1.54) is 167 Å². The molecule has 0 radical (unpaired) electrons. The van der Waals surface area contributed by atoms with E-state index in [9.17, 15) is 15.0 Å². The molecule has 2 atom stereocenters. The molecule has 0 aromatic heterocycles. The fraction of sp³-hybridized carbons (Fsp3) is 0.741. The normalized spacial score (nSPS) is 13.5. The van der Waals surface area contributed by atoms with Gasteiger partial charge in [0.2, 0.25) is 5.91 Å². The van der Waals surface area contributed by atoms with Crippen molar-refractivity contribution in [1.29, 1.82) is 0 Å². The van der Waals surface area contributed by atoms with Gasteiger partial charge in [-0.3, -0.25) is 4.79 Å². The second kappa shape index (κ2) is 52.9. The van der Waals surface area contributed by atoms with Gasteiger partial charge in [0.1, 0.15) is 0 Å². The van der Waals surface area contributed by atoms with Gasteiger partial charge in [-0.05, 0) is 83.5 Å². The van der Waals surface area contributed by atoms with Gasteiger partial charge >= 0.3 is 0 Å². The van der Waals surface area contributed by atoms with Crippen molar-refractivity contribution in [3.05, 3.63) is 85.1 Å². The molecule has 0 heterocycles. The SMILES string of the molecule is CC/C=C\C/C=C\C/C=C\C/C=C\CCCCCCCCCCC(=O)NC(CO)C(O)/C=C/CC/C=C/CC/C=C/CCCCCCCCCCCCCCCCCCCCC. The van der Waals surface area contributed by atoms with Gasteiger partial charge in [-0.25, -0.2) is 0 Å². The molecule has 0 saturated heterocycles. The number of aliphatic hydroxyl groups excluding tert-OH is 2. The first-order valence-corrected chi connectivity index (χ1v) is 26.8. The molecule has 62 heavy (non-hydrogen) atoms. The third-order valence-corrected chi connectivity index (χ3v) is 11.8. The van der Waals surface area contributed by atoms with Crippen LogP contribution in [-0.4, -0.2) is 34.9 Å². The van der Waals surface area contributed by atoms with Crippen LogP contribution in [0.4, 0.5) is 0 Å². The Hall–Kier alpha value is -2.43. The van der Waals surface area contributed by atoms with Crippen LogP contribution in [0.3, 0.4) is 0 Å². The van der Waals surface area contributed by atoms with Crippen LogP contribution in [0.15, 0.2) is 85.1 Å². The Kier molecular flexibility index (Phi) is 50.8. The van der Waals surface area contributed by atoms with Crippen molar-refractivity contribution in [2.24, 2.45) is 0 Å². The highest BCUT2D eigenvalue weighted by molar-refractivity contribution is 5.76. The molecule has 2 unspecified atom stereocenters. The number of amides is 1. The first-order chi connectivity index (χ1) is 30.7. The summed E-state index contributed by atoms with van der Waals surface area (Å²) in [5.41, 5.74) is 0. The summed E-state index contributed by atoms with van der Waals surface area (Å²) in [5, 5.41) is 23.1. The fourth-order valence-electron chi connectivity index (χ4n) is 7.79. The van der Waals surface area contributed by atoms with E-state index in [0.717, 1.165) is 70.6 Å². The minimum Gasteiger partial charge on any atom is -0.394 e. The number of hydrogen-bond acceptors (Lipinski definition) is 3. The van der Waals surface area contributed by atoms with Gasteiger partial charge in [0.25, 0.3) is 0 Å². The van der Waals surface area contributed by atoms with Gasteiger partial charge in [0, 0.05) is 6.42 Å². The van der Waals surface area contributed by atoms with Crippen molar-refractivity contribution >= 4 is 5.91 Å². The highest BCUT2D eigenvalue weighted by Crippen LogP contribution is 2.16. The molecule has 0 aromatic rings.